The van der Waals surface area contributed by atoms with Gasteiger partial charge in [0, 0.05) is 0 Å². The number of aromatic hydroxyl groups is 1. The molecule has 0 aliphatic carbocycles. The van der Waals surface area contributed by atoms with Crippen molar-refractivity contribution in [3.8, 4) is 5.75 Å². The van der Waals surface area contributed by atoms with Gasteiger partial charge >= 0.3 is 12.1 Å². The number of phenols is 1. The number of hydrogen-bond donors (Lipinski definition) is 1. The summed E-state index contributed by atoms with van der Waals surface area (Å²) < 4.78 is 10.3. The number of benzene rings is 1. The van der Waals surface area contributed by atoms with Crippen molar-refractivity contribution >= 4 is 12.1 Å². The molecule has 2 unspecified atom stereocenters. The first-order chi connectivity index (χ1) is 10.7. The molecule has 0 radical (unpaired) electrons. The average Bonchev–Trinajstić information content (AvgIpc) is 2.90. The van der Waals surface area contributed by atoms with Gasteiger partial charge in [0.2, 0.25) is 0 Å². The monoisotopic (exact) mass is 321 g/mol. The molecule has 1 saturated heterocycles. The summed E-state index contributed by atoms with van der Waals surface area (Å²) in [5.74, 6) is -0.294. The summed E-state index contributed by atoms with van der Waals surface area (Å²) in [7, 11) is 1.31. The maximum Gasteiger partial charge on any atom is 0.411 e. The van der Waals surface area contributed by atoms with E-state index in [1.165, 1.54) is 12.0 Å². The molecule has 1 aliphatic heterocycles. The van der Waals surface area contributed by atoms with Crippen molar-refractivity contribution in [3.05, 3.63) is 29.8 Å². The summed E-state index contributed by atoms with van der Waals surface area (Å²) >= 11 is 0. The lowest BCUT2D eigenvalue weighted by Gasteiger charge is -2.31. The minimum atomic E-state index is -0.659. The van der Waals surface area contributed by atoms with Crippen LogP contribution in [0.25, 0.3) is 0 Å². The molecule has 126 valence electrons. The van der Waals surface area contributed by atoms with E-state index < -0.39 is 23.7 Å². The lowest BCUT2D eigenvalue weighted by Crippen LogP contribution is -2.44. The highest BCUT2D eigenvalue weighted by molar-refractivity contribution is 5.82. The second-order valence-electron chi connectivity index (χ2n) is 6.61. The van der Waals surface area contributed by atoms with Crippen LogP contribution in [0.2, 0.25) is 0 Å². The van der Waals surface area contributed by atoms with Crippen molar-refractivity contribution in [2.24, 2.45) is 0 Å². The number of hydrogen-bond acceptors (Lipinski definition) is 5. The molecule has 1 amide bonds. The van der Waals surface area contributed by atoms with Crippen LogP contribution in [-0.4, -0.2) is 40.8 Å². The van der Waals surface area contributed by atoms with E-state index in [1.807, 2.05) is 0 Å². The fourth-order valence-electron chi connectivity index (χ4n) is 2.77. The van der Waals surface area contributed by atoms with Gasteiger partial charge in [-0.3, -0.25) is 4.90 Å². The molecule has 2 rings (SSSR count). The van der Waals surface area contributed by atoms with Gasteiger partial charge in [-0.15, -0.1) is 0 Å². The number of nitrogens with zero attached hydrogens (tertiary/aromatic N) is 1. The number of amides is 1. The van der Waals surface area contributed by atoms with Gasteiger partial charge in [-0.2, -0.15) is 0 Å². The minimum Gasteiger partial charge on any atom is -0.508 e. The van der Waals surface area contributed by atoms with Gasteiger partial charge in [-0.25, -0.2) is 9.59 Å². The van der Waals surface area contributed by atoms with E-state index in [0.717, 1.165) is 5.56 Å². The molecule has 23 heavy (non-hydrogen) atoms. The molecular weight excluding hydrogens is 298 g/mol. The van der Waals surface area contributed by atoms with Crippen molar-refractivity contribution in [3.63, 3.8) is 0 Å². The van der Waals surface area contributed by atoms with Gasteiger partial charge < -0.3 is 14.6 Å². The highest BCUT2D eigenvalue weighted by atomic mass is 16.6. The molecule has 1 heterocycles. The standard InChI is InChI=1S/C17H23NO5/c1-17(2,3)23-16(21)18-13(9-10-14(18)15(20)22-4)11-5-7-12(19)8-6-11/h5-8,13-14,19H,9-10H2,1-4H3. The van der Waals surface area contributed by atoms with Crippen molar-refractivity contribution < 1.29 is 24.2 Å². The molecule has 0 saturated carbocycles. The Labute approximate surface area is 136 Å². The van der Waals surface area contributed by atoms with Crippen LogP contribution >= 0.6 is 0 Å². The Morgan fingerprint density at radius 2 is 1.78 bits per heavy atom. The molecule has 1 fully saturated rings. The van der Waals surface area contributed by atoms with Gasteiger partial charge in [0.15, 0.2) is 0 Å². The highest BCUT2D eigenvalue weighted by Crippen LogP contribution is 2.38. The van der Waals surface area contributed by atoms with Crippen molar-refractivity contribution in [1.82, 2.24) is 4.90 Å². The Balaban J connectivity index is 2.31. The van der Waals surface area contributed by atoms with E-state index in [0.29, 0.717) is 12.8 Å². The second-order valence-corrected chi connectivity index (χ2v) is 6.61. The van der Waals surface area contributed by atoms with Crippen LogP contribution in [0.5, 0.6) is 5.75 Å². The Bertz CT molecular complexity index is 576. The zero-order valence-corrected chi connectivity index (χ0v) is 13.9. The number of phenolic OH excluding ortho intramolecular Hbond substituents is 1. The second kappa shape index (κ2) is 6.48. The molecule has 0 aromatic heterocycles. The van der Waals surface area contributed by atoms with E-state index in [9.17, 15) is 14.7 Å². The van der Waals surface area contributed by atoms with Crippen molar-refractivity contribution in [2.45, 2.75) is 51.3 Å². The maximum atomic E-state index is 12.6. The van der Waals surface area contributed by atoms with E-state index >= 15 is 0 Å². The number of methoxy groups -OCH3 is 1. The Kier molecular flexibility index (Phi) is 4.82. The highest BCUT2D eigenvalue weighted by Gasteiger charge is 2.44. The number of esters is 1. The summed E-state index contributed by atoms with van der Waals surface area (Å²) in [5.41, 5.74) is 0.194. The predicted molar refractivity (Wildman–Crippen MR) is 84.0 cm³/mol. The summed E-state index contributed by atoms with van der Waals surface area (Å²) in [6.07, 6.45) is 0.602. The number of carbonyl (C=O) groups is 2. The quantitative estimate of drug-likeness (QED) is 0.847. The van der Waals surface area contributed by atoms with E-state index in [2.05, 4.69) is 0 Å². The van der Waals surface area contributed by atoms with E-state index in [-0.39, 0.29) is 11.8 Å². The lowest BCUT2D eigenvalue weighted by molar-refractivity contribution is -0.146. The van der Waals surface area contributed by atoms with Gasteiger partial charge in [0.1, 0.15) is 17.4 Å². The number of rotatable bonds is 2. The molecule has 1 aromatic carbocycles. The summed E-state index contributed by atoms with van der Waals surface area (Å²) in [6.45, 7) is 5.34. The number of likely N-dealkylation sites (tertiary alicyclic amines) is 1. The Morgan fingerprint density at radius 3 is 2.30 bits per heavy atom. The fraction of sp³-hybridized carbons (Fsp3) is 0.529. The number of ether oxygens (including phenoxy) is 2. The minimum absolute atomic E-state index is 0.153. The topological polar surface area (TPSA) is 76.1 Å². The summed E-state index contributed by atoms with van der Waals surface area (Å²) in [6, 6.07) is 5.68. The Hall–Kier alpha value is -2.24. The van der Waals surface area contributed by atoms with Crippen LogP contribution in [-0.2, 0) is 14.3 Å². The lowest BCUT2D eigenvalue weighted by atomic mass is 10.0. The molecule has 2 atom stereocenters. The van der Waals surface area contributed by atoms with Crippen LogP contribution in [0.3, 0.4) is 0 Å². The molecule has 0 bridgehead atoms. The van der Waals surface area contributed by atoms with Gasteiger partial charge in [0.25, 0.3) is 0 Å². The van der Waals surface area contributed by atoms with Crippen LogP contribution in [0.1, 0.15) is 45.2 Å². The van der Waals surface area contributed by atoms with Crippen molar-refractivity contribution in [1.29, 1.82) is 0 Å². The summed E-state index contributed by atoms with van der Waals surface area (Å²) in [5, 5.41) is 9.43. The first-order valence-electron chi connectivity index (χ1n) is 7.61. The molecule has 1 N–H and O–H groups in total. The van der Waals surface area contributed by atoms with Crippen LogP contribution in [0.15, 0.2) is 24.3 Å². The molecular formula is C17H23NO5. The molecule has 1 aliphatic rings. The van der Waals surface area contributed by atoms with Gasteiger partial charge in [-0.1, -0.05) is 12.1 Å². The molecule has 1 aromatic rings. The third-order valence-corrected chi connectivity index (χ3v) is 3.74. The molecule has 6 nitrogen and oxygen atoms in total. The predicted octanol–water partition coefficient (Wildman–Crippen LogP) is 3.01. The molecule has 0 spiro atoms. The fourth-order valence-corrected chi connectivity index (χ4v) is 2.77. The number of carbonyl (C=O) groups excluding carboxylic acids is 2. The Morgan fingerprint density at radius 1 is 1.17 bits per heavy atom. The van der Waals surface area contributed by atoms with Gasteiger partial charge in [-0.05, 0) is 51.3 Å². The third-order valence-electron chi connectivity index (χ3n) is 3.74. The zero-order chi connectivity index (χ0) is 17.2. The maximum absolute atomic E-state index is 12.6. The van der Waals surface area contributed by atoms with Crippen LogP contribution in [0.4, 0.5) is 4.79 Å². The smallest absolute Gasteiger partial charge is 0.411 e. The van der Waals surface area contributed by atoms with Crippen LogP contribution in [0, 0.1) is 0 Å². The molecule has 6 heteroatoms. The van der Waals surface area contributed by atoms with Crippen LogP contribution < -0.4 is 0 Å². The average molecular weight is 321 g/mol. The zero-order valence-electron chi connectivity index (χ0n) is 13.9. The van der Waals surface area contributed by atoms with Gasteiger partial charge in [0.05, 0.1) is 13.2 Å². The summed E-state index contributed by atoms with van der Waals surface area (Å²) in [4.78, 5) is 26.1. The van der Waals surface area contributed by atoms with E-state index in [4.69, 9.17) is 9.47 Å². The largest absolute Gasteiger partial charge is 0.508 e. The third kappa shape index (κ3) is 3.94. The normalized spacial score (nSPS) is 21.1. The first kappa shape index (κ1) is 17.1. The van der Waals surface area contributed by atoms with E-state index in [1.54, 1.807) is 45.0 Å². The SMILES string of the molecule is COC(=O)C1CCC(c2ccc(O)cc2)N1C(=O)OC(C)(C)C. The first-order valence-corrected chi connectivity index (χ1v) is 7.61. The van der Waals surface area contributed by atoms with Crippen molar-refractivity contribution in [2.75, 3.05) is 7.11 Å².